The molecular formula is C26H32N2O4. The monoisotopic (exact) mass is 436 g/mol. The zero-order chi connectivity index (χ0) is 22.8. The van der Waals surface area contributed by atoms with Gasteiger partial charge in [-0.25, -0.2) is 9.59 Å². The van der Waals surface area contributed by atoms with Crippen molar-refractivity contribution >= 4 is 17.6 Å². The number of hydrogen-bond acceptors (Lipinski definition) is 6. The van der Waals surface area contributed by atoms with Crippen LogP contribution in [0.5, 0.6) is 0 Å². The van der Waals surface area contributed by atoms with E-state index in [4.69, 9.17) is 9.47 Å². The van der Waals surface area contributed by atoms with Crippen molar-refractivity contribution in [3.63, 3.8) is 0 Å². The largest absolute Gasteiger partial charge is 0.462 e. The molecule has 0 spiro atoms. The SMILES string of the molecule is C=CCOC(=O)C1(Nc2ccccc2C(=O)OCC)CCN(CCc2ccccc2)CC1. The first kappa shape index (κ1) is 23.5. The van der Waals surface area contributed by atoms with Crippen LogP contribution in [-0.2, 0) is 20.7 Å². The molecule has 2 aromatic carbocycles. The summed E-state index contributed by atoms with van der Waals surface area (Å²) in [7, 11) is 0. The number of nitrogens with zero attached hydrogens (tertiary/aromatic N) is 1. The number of anilines is 1. The summed E-state index contributed by atoms with van der Waals surface area (Å²) in [5, 5.41) is 3.37. The molecule has 1 fully saturated rings. The van der Waals surface area contributed by atoms with Crippen LogP contribution >= 0.6 is 0 Å². The maximum atomic E-state index is 13.1. The second kappa shape index (κ2) is 11.5. The molecule has 1 saturated heterocycles. The smallest absolute Gasteiger partial charge is 0.340 e. The van der Waals surface area contributed by atoms with Crippen LogP contribution in [0.4, 0.5) is 5.69 Å². The molecule has 0 bridgehead atoms. The molecule has 0 aromatic heterocycles. The van der Waals surface area contributed by atoms with E-state index in [1.807, 2.05) is 12.1 Å². The number of carbonyl (C=O) groups excluding carboxylic acids is 2. The number of likely N-dealkylation sites (tertiary alicyclic amines) is 1. The zero-order valence-corrected chi connectivity index (χ0v) is 18.7. The van der Waals surface area contributed by atoms with Gasteiger partial charge >= 0.3 is 11.9 Å². The second-order valence-corrected chi connectivity index (χ2v) is 7.94. The Morgan fingerprint density at radius 3 is 2.44 bits per heavy atom. The maximum Gasteiger partial charge on any atom is 0.340 e. The Morgan fingerprint density at radius 1 is 1.06 bits per heavy atom. The molecule has 6 nitrogen and oxygen atoms in total. The molecule has 0 amide bonds. The first-order chi connectivity index (χ1) is 15.6. The summed E-state index contributed by atoms with van der Waals surface area (Å²) in [6.07, 6.45) is 3.69. The Balaban J connectivity index is 1.73. The van der Waals surface area contributed by atoms with Gasteiger partial charge in [0.15, 0.2) is 0 Å². The molecule has 1 aliphatic rings. The van der Waals surface area contributed by atoms with Crippen LogP contribution in [0, 0.1) is 0 Å². The highest BCUT2D eigenvalue weighted by molar-refractivity contribution is 5.97. The Bertz CT molecular complexity index is 905. The number of nitrogens with one attached hydrogen (secondary N) is 1. The van der Waals surface area contributed by atoms with Crippen LogP contribution in [0.25, 0.3) is 0 Å². The lowest BCUT2D eigenvalue weighted by Gasteiger charge is -2.41. The molecule has 1 aliphatic heterocycles. The van der Waals surface area contributed by atoms with Crippen LogP contribution in [0.3, 0.4) is 0 Å². The van der Waals surface area contributed by atoms with E-state index in [-0.39, 0.29) is 19.2 Å². The molecule has 1 heterocycles. The van der Waals surface area contributed by atoms with Gasteiger partial charge in [-0.15, -0.1) is 0 Å². The number of carbonyl (C=O) groups is 2. The lowest BCUT2D eigenvalue weighted by atomic mass is 9.86. The van der Waals surface area contributed by atoms with E-state index in [0.717, 1.165) is 26.1 Å². The highest BCUT2D eigenvalue weighted by atomic mass is 16.5. The van der Waals surface area contributed by atoms with Crippen molar-refractivity contribution in [2.75, 3.05) is 38.2 Å². The Kier molecular flexibility index (Phi) is 8.45. The Hall–Kier alpha value is -3.12. The minimum atomic E-state index is -0.908. The molecule has 0 radical (unpaired) electrons. The number of esters is 2. The van der Waals surface area contributed by atoms with Crippen molar-refractivity contribution in [1.82, 2.24) is 4.90 Å². The molecule has 2 aromatic rings. The fourth-order valence-corrected chi connectivity index (χ4v) is 3.98. The zero-order valence-electron chi connectivity index (χ0n) is 18.7. The molecule has 1 N–H and O–H groups in total. The van der Waals surface area contributed by atoms with Gasteiger partial charge in [0, 0.05) is 25.3 Å². The van der Waals surface area contributed by atoms with E-state index < -0.39 is 11.5 Å². The van der Waals surface area contributed by atoms with E-state index in [9.17, 15) is 9.59 Å². The minimum absolute atomic E-state index is 0.152. The minimum Gasteiger partial charge on any atom is -0.462 e. The molecular weight excluding hydrogens is 404 g/mol. The summed E-state index contributed by atoms with van der Waals surface area (Å²) in [5.41, 5.74) is 1.39. The third-order valence-electron chi connectivity index (χ3n) is 5.79. The van der Waals surface area contributed by atoms with Gasteiger partial charge in [0.1, 0.15) is 12.1 Å². The molecule has 32 heavy (non-hydrogen) atoms. The first-order valence-corrected chi connectivity index (χ1v) is 11.2. The van der Waals surface area contributed by atoms with Crippen LogP contribution in [0.2, 0.25) is 0 Å². The van der Waals surface area contributed by atoms with E-state index in [1.165, 1.54) is 5.56 Å². The summed E-state index contributed by atoms with van der Waals surface area (Å²) in [5.74, 6) is -0.732. The van der Waals surface area contributed by atoms with Crippen molar-refractivity contribution in [3.05, 3.63) is 78.4 Å². The summed E-state index contributed by atoms with van der Waals surface area (Å²) in [4.78, 5) is 27.9. The molecule has 0 aliphatic carbocycles. The van der Waals surface area contributed by atoms with Crippen molar-refractivity contribution in [1.29, 1.82) is 0 Å². The lowest BCUT2D eigenvalue weighted by molar-refractivity contribution is -0.149. The van der Waals surface area contributed by atoms with Gasteiger partial charge in [-0.05, 0) is 43.9 Å². The van der Waals surface area contributed by atoms with Crippen molar-refractivity contribution in [2.24, 2.45) is 0 Å². The van der Waals surface area contributed by atoms with Crippen molar-refractivity contribution in [3.8, 4) is 0 Å². The third kappa shape index (κ3) is 5.98. The number of ether oxygens (including phenoxy) is 2. The lowest BCUT2D eigenvalue weighted by Crippen LogP contribution is -2.55. The van der Waals surface area contributed by atoms with E-state index >= 15 is 0 Å². The molecule has 3 rings (SSSR count). The summed E-state index contributed by atoms with van der Waals surface area (Å²) < 4.78 is 10.7. The van der Waals surface area contributed by atoms with E-state index in [1.54, 1.807) is 31.2 Å². The van der Waals surface area contributed by atoms with Gasteiger partial charge in [-0.2, -0.15) is 0 Å². The van der Waals surface area contributed by atoms with Gasteiger partial charge in [-0.1, -0.05) is 55.1 Å². The van der Waals surface area contributed by atoms with E-state index in [2.05, 4.69) is 41.1 Å². The molecule has 170 valence electrons. The number of rotatable bonds is 10. The quantitative estimate of drug-likeness (QED) is 0.447. The van der Waals surface area contributed by atoms with Gasteiger partial charge < -0.3 is 19.7 Å². The molecule has 6 heteroatoms. The fraction of sp³-hybridized carbons (Fsp3) is 0.385. The Morgan fingerprint density at radius 2 is 1.75 bits per heavy atom. The van der Waals surface area contributed by atoms with Gasteiger partial charge in [0.2, 0.25) is 0 Å². The fourth-order valence-electron chi connectivity index (χ4n) is 3.98. The highest BCUT2D eigenvalue weighted by Crippen LogP contribution is 2.31. The summed E-state index contributed by atoms with van der Waals surface area (Å²) >= 11 is 0. The molecule has 0 atom stereocenters. The van der Waals surface area contributed by atoms with Crippen molar-refractivity contribution in [2.45, 2.75) is 31.7 Å². The topological polar surface area (TPSA) is 67.9 Å². The summed E-state index contributed by atoms with van der Waals surface area (Å²) in [6.45, 7) is 8.29. The van der Waals surface area contributed by atoms with Gasteiger partial charge in [0.05, 0.1) is 12.2 Å². The molecule has 0 unspecified atom stereocenters. The van der Waals surface area contributed by atoms with Gasteiger partial charge in [-0.3, -0.25) is 0 Å². The predicted octanol–water partition coefficient (Wildman–Crippen LogP) is 4.08. The number of hydrogen-bond donors (Lipinski definition) is 1. The average molecular weight is 437 g/mol. The van der Waals surface area contributed by atoms with Crippen LogP contribution in [0.1, 0.15) is 35.7 Å². The number of piperidine rings is 1. The average Bonchev–Trinajstić information content (AvgIpc) is 2.83. The maximum absolute atomic E-state index is 13.1. The first-order valence-electron chi connectivity index (χ1n) is 11.2. The van der Waals surface area contributed by atoms with Crippen LogP contribution in [-0.4, -0.2) is 55.2 Å². The number of benzene rings is 2. The van der Waals surface area contributed by atoms with Crippen LogP contribution in [0.15, 0.2) is 67.3 Å². The predicted molar refractivity (Wildman–Crippen MR) is 126 cm³/mol. The number of para-hydroxylation sites is 1. The van der Waals surface area contributed by atoms with E-state index in [0.29, 0.717) is 24.1 Å². The summed E-state index contributed by atoms with van der Waals surface area (Å²) in [6, 6.07) is 17.5. The van der Waals surface area contributed by atoms with Crippen LogP contribution < -0.4 is 5.32 Å². The standard InChI is InChI=1S/C26H32N2O4/c1-3-20-32-25(30)26(27-23-13-9-8-12-22(23)24(29)31-4-2)15-18-28(19-16-26)17-14-21-10-6-5-7-11-21/h3,5-13,27H,1,4,14-20H2,2H3. The van der Waals surface area contributed by atoms with Gasteiger partial charge in [0.25, 0.3) is 0 Å². The van der Waals surface area contributed by atoms with Crippen molar-refractivity contribution < 1.29 is 19.1 Å². The third-order valence-corrected chi connectivity index (χ3v) is 5.79. The Labute approximate surface area is 190 Å². The highest BCUT2D eigenvalue weighted by Gasteiger charge is 2.43. The normalized spacial score (nSPS) is 15.5. The molecule has 0 saturated carbocycles. The second-order valence-electron chi connectivity index (χ2n) is 7.94.